The first-order chi connectivity index (χ1) is 8.77. The third-order valence-electron chi connectivity index (χ3n) is 3.83. The van der Waals surface area contributed by atoms with Crippen LogP contribution in [0.1, 0.15) is 30.9 Å². The Balaban J connectivity index is 1.76. The van der Waals surface area contributed by atoms with Crippen LogP contribution in [0.2, 0.25) is 0 Å². The fourth-order valence-electron chi connectivity index (χ4n) is 2.52. The summed E-state index contributed by atoms with van der Waals surface area (Å²) < 4.78 is 5.39. The maximum absolute atomic E-state index is 6.22. The zero-order valence-corrected chi connectivity index (χ0v) is 11.2. The van der Waals surface area contributed by atoms with E-state index >= 15 is 0 Å². The molecule has 0 amide bonds. The van der Waals surface area contributed by atoms with Crippen molar-refractivity contribution in [2.75, 3.05) is 26.8 Å². The summed E-state index contributed by atoms with van der Waals surface area (Å²) in [5.74, 6) is 0. The molecule has 1 saturated heterocycles. The molecule has 1 aromatic carbocycles. The molecule has 3 heteroatoms. The molecule has 1 unspecified atom stereocenters. The SMILES string of the molecule is CN(CCC(N)c1ccccc1)C1CCOCC1. The van der Waals surface area contributed by atoms with Crippen molar-refractivity contribution in [1.29, 1.82) is 0 Å². The van der Waals surface area contributed by atoms with E-state index in [0.717, 1.165) is 39.0 Å². The molecule has 2 N–H and O–H groups in total. The predicted octanol–water partition coefficient (Wildman–Crippen LogP) is 2.19. The van der Waals surface area contributed by atoms with Gasteiger partial charge in [-0.3, -0.25) is 0 Å². The number of hydrogen-bond donors (Lipinski definition) is 1. The molecule has 1 atom stereocenters. The molecule has 1 aliphatic heterocycles. The highest BCUT2D eigenvalue weighted by Crippen LogP contribution is 2.17. The Morgan fingerprint density at radius 3 is 2.61 bits per heavy atom. The minimum absolute atomic E-state index is 0.147. The van der Waals surface area contributed by atoms with Crippen LogP contribution in [-0.4, -0.2) is 37.7 Å². The number of ether oxygens (including phenoxy) is 1. The molecule has 0 spiro atoms. The van der Waals surface area contributed by atoms with Gasteiger partial charge in [-0.25, -0.2) is 0 Å². The Kier molecular flexibility index (Phi) is 5.17. The molecular weight excluding hydrogens is 224 g/mol. The van der Waals surface area contributed by atoms with Crippen LogP contribution >= 0.6 is 0 Å². The molecule has 0 aliphatic carbocycles. The van der Waals surface area contributed by atoms with Gasteiger partial charge in [0.05, 0.1) is 0 Å². The van der Waals surface area contributed by atoms with Crippen molar-refractivity contribution in [1.82, 2.24) is 4.90 Å². The van der Waals surface area contributed by atoms with Crippen molar-refractivity contribution >= 4 is 0 Å². The van der Waals surface area contributed by atoms with Crippen molar-refractivity contribution in [2.24, 2.45) is 5.73 Å². The molecule has 1 heterocycles. The first kappa shape index (κ1) is 13.5. The molecule has 0 bridgehead atoms. The lowest BCUT2D eigenvalue weighted by atomic mass is 10.0. The standard InChI is InChI=1S/C15H24N2O/c1-17(14-8-11-18-12-9-14)10-7-15(16)13-5-3-2-4-6-13/h2-6,14-15H,7-12,16H2,1H3. The van der Waals surface area contributed by atoms with Gasteiger partial charge in [-0.05, 0) is 38.4 Å². The van der Waals surface area contributed by atoms with E-state index in [9.17, 15) is 0 Å². The molecule has 0 saturated carbocycles. The van der Waals surface area contributed by atoms with Crippen LogP contribution in [0, 0.1) is 0 Å². The van der Waals surface area contributed by atoms with E-state index in [-0.39, 0.29) is 6.04 Å². The summed E-state index contributed by atoms with van der Waals surface area (Å²) in [5, 5.41) is 0. The number of nitrogens with zero attached hydrogens (tertiary/aromatic N) is 1. The minimum Gasteiger partial charge on any atom is -0.381 e. The summed E-state index contributed by atoms with van der Waals surface area (Å²) in [6.07, 6.45) is 3.31. The molecule has 1 fully saturated rings. The van der Waals surface area contributed by atoms with Gasteiger partial charge in [0.2, 0.25) is 0 Å². The second-order valence-corrected chi connectivity index (χ2v) is 5.13. The maximum Gasteiger partial charge on any atom is 0.0480 e. The van der Waals surface area contributed by atoms with Crippen molar-refractivity contribution in [2.45, 2.75) is 31.3 Å². The molecule has 3 nitrogen and oxygen atoms in total. The van der Waals surface area contributed by atoms with Crippen molar-refractivity contribution < 1.29 is 4.74 Å². The second-order valence-electron chi connectivity index (χ2n) is 5.13. The minimum atomic E-state index is 0.147. The highest BCUT2D eigenvalue weighted by molar-refractivity contribution is 5.18. The third kappa shape index (κ3) is 3.80. The van der Waals surface area contributed by atoms with Gasteiger partial charge >= 0.3 is 0 Å². The first-order valence-corrected chi connectivity index (χ1v) is 6.86. The Morgan fingerprint density at radius 1 is 1.28 bits per heavy atom. The monoisotopic (exact) mass is 248 g/mol. The van der Waals surface area contributed by atoms with E-state index in [2.05, 4.69) is 36.2 Å². The van der Waals surface area contributed by atoms with Gasteiger partial charge in [-0.2, -0.15) is 0 Å². The number of rotatable bonds is 5. The summed E-state index contributed by atoms with van der Waals surface area (Å²) >= 11 is 0. The van der Waals surface area contributed by atoms with Crippen LogP contribution in [0.4, 0.5) is 0 Å². The lowest BCUT2D eigenvalue weighted by Gasteiger charge is -2.31. The first-order valence-electron chi connectivity index (χ1n) is 6.86. The fraction of sp³-hybridized carbons (Fsp3) is 0.600. The Labute approximate surface area is 110 Å². The number of nitrogens with two attached hydrogens (primary N) is 1. The van der Waals surface area contributed by atoms with Crippen molar-refractivity contribution in [3.05, 3.63) is 35.9 Å². The van der Waals surface area contributed by atoms with Gasteiger partial charge in [-0.15, -0.1) is 0 Å². The highest BCUT2D eigenvalue weighted by atomic mass is 16.5. The quantitative estimate of drug-likeness (QED) is 0.868. The maximum atomic E-state index is 6.22. The second kappa shape index (κ2) is 6.88. The molecule has 2 rings (SSSR count). The fourth-order valence-corrected chi connectivity index (χ4v) is 2.52. The third-order valence-corrected chi connectivity index (χ3v) is 3.83. The van der Waals surface area contributed by atoms with Gasteiger partial charge in [0.1, 0.15) is 0 Å². The van der Waals surface area contributed by atoms with Gasteiger partial charge in [0, 0.05) is 25.3 Å². The molecule has 100 valence electrons. The van der Waals surface area contributed by atoms with E-state index in [4.69, 9.17) is 10.5 Å². The molecule has 1 aliphatic rings. The molecule has 0 radical (unpaired) electrons. The van der Waals surface area contributed by atoms with E-state index in [0.29, 0.717) is 6.04 Å². The Morgan fingerprint density at radius 2 is 1.94 bits per heavy atom. The summed E-state index contributed by atoms with van der Waals surface area (Å²) in [7, 11) is 2.20. The number of benzene rings is 1. The van der Waals surface area contributed by atoms with Crippen LogP contribution in [0.25, 0.3) is 0 Å². The average Bonchev–Trinajstić information content (AvgIpc) is 2.46. The molecule has 1 aromatic rings. The van der Waals surface area contributed by atoms with Crippen molar-refractivity contribution in [3.8, 4) is 0 Å². The van der Waals surface area contributed by atoms with Gasteiger partial charge in [0.15, 0.2) is 0 Å². The van der Waals surface area contributed by atoms with Crippen LogP contribution in [0.15, 0.2) is 30.3 Å². The van der Waals surface area contributed by atoms with E-state index in [1.165, 1.54) is 5.56 Å². The lowest BCUT2D eigenvalue weighted by Crippen LogP contribution is -2.38. The van der Waals surface area contributed by atoms with E-state index < -0.39 is 0 Å². The molecule has 0 aromatic heterocycles. The van der Waals surface area contributed by atoms with Gasteiger partial charge in [0.25, 0.3) is 0 Å². The summed E-state index contributed by atoms with van der Waals surface area (Å²) in [6, 6.07) is 11.2. The topological polar surface area (TPSA) is 38.5 Å². The summed E-state index contributed by atoms with van der Waals surface area (Å²) in [5.41, 5.74) is 7.46. The average molecular weight is 248 g/mol. The van der Waals surface area contributed by atoms with E-state index in [1.54, 1.807) is 0 Å². The van der Waals surface area contributed by atoms with Crippen molar-refractivity contribution in [3.63, 3.8) is 0 Å². The van der Waals surface area contributed by atoms with Crippen LogP contribution in [0.3, 0.4) is 0 Å². The smallest absolute Gasteiger partial charge is 0.0480 e. The lowest BCUT2D eigenvalue weighted by molar-refractivity contribution is 0.0422. The predicted molar refractivity (Wildman–Crippen MR) is 74.5 cm³/mol. The van der Waals surface area contributed by atoms with Gasteiger partial charge < -0.3 is 15.4 Å². The largest absolute Gasteiger partial charge is 0.381 e. The normalized spacial score (nSPS) is 19.1. The Hall–Kier alpha value is -0.900. The highest BCUT2D eigenvalue weighted by Gasteiger charge is 2.18. The van der Waals surface area contributed by atoms with Crippen LogP contribution in [-0.2, 0) is 4.74 Å². The molecule has 18 heavy (non-hydrogen) atoms. The zero-order chi connectivity index (χ0) is 12.8. The van der Waals surface area contributed by atoms with E-state index in [1.807, 2.05) is 6.07 Å². The van der Waals surface area contributed by atoms with Crippen LogP contribution < -0.4 is 5.73 Å². The van der Waals surface area contributed by atoms with Gasteiger partial charge in [-0.1, -0.05) is 30.3 Å². The Bertz CT molecular complexity index is 336. The molecular formula is C15H24N2O. The van der Waals surface area contributed by atoms with Crippen LogP contribution in [0.5, 0.6) is 0 Å². The summed E-state index contributed by atoms with van der Waals surface area (Å²) in [4.78, 5) is 2.44. The summed E-state index contributed by atoms with van der Waals surface area (Å²) in [6.45, 7) is 2.86. The number of hydrogen-bond acceptors (Lipinski definition) is 3. The zero-order valence-electron chi connectivity index (χ0n) is 11.2.